The summed E-state index contributed by atoms with van der Waals surface area (Å²) in [6.45, 7) is -0.282. The fourth-order valence-electron chi connectivity index (χ4n) is 1.80. The van der Waals surface area contributed by atoms with Crippen LogP contribution in [0.25, 0.3) is 0 Å². The summed E-state index contributed by atoms with van der Waals surface area (Å²) >= 11 is 0. The Bertz CT molecular complexity index is 423. The van der Waals surface area contributed by atoms with Crippen molar-refractivity contribution in [2.24, 2.45) is 5.92 Å². The average molecular weight is 290 g/mol. The van der Waals surface area contributed by atoms with Crippen LogP contribution in [0.1, 0.15) is 13.3 Å². The van der Waals surface area contributed by atoms with Crippen LogP contribution in [0, 0.1) is 5.92 Å². The van der Waals surface area contributed by atoms with E-state index in [-0.39, 0.29) is 6.54 Å². The van der Waals surface area contributed by atoms with Crippen molar-refractivity contribution in [1.82, 2.24) is 9.03 Å². The molecule has 0 spiro atoms. The number of alkyl halides is 3. The average Bonchev–Trinajstić information content (AvgIpc) is 2.57. The smallest absolute Gasteiger partial charge is 0.402 e. The minimum Gasteiger partial charge on any atom is -0.480 e. The maximum atomic E-state index is 11.9. The van der Waals surface area contributed by atoms with E-state index in [1.807, 2.05) is 0 Å². The Balaban J connectivity index is 2.82. The molecule has 1 rings (SSSR count). The van der Waals surface area contributed by atoms with E-state index in [2.05, 4.69) is 0 Å². The number of hydrogen-bond acceptors (Lipinski definition) is 3. The molecule has 10 heteroatoms. The third kappa shape index (κ3) is 3.56. The van der Waals surface area contributed by atoms with Gasteiger partial charge in [-0.3, -0.25) is 4.79 Å². The zero-order chi connectivity index (χ0) is 14.1. The largest absolute Gasteiger partial charge is 0.480 e. The maximum Gasteiger partial charge on any atom is 0.402 e. The van der Waals surface area contributed by atoms with Crippen molar-refractivity contribution in [3.8, 4) is 0 Å². The van der Waals surface area contributed by atoms with E-state index in [1.165, 1.54) is 11.6 Å². The van der Waals surface area contributed by atoms with Crippen molar-refractivity contribution < 1.29 is 31.5 Å². The minimum atomic E-state index is -4.68. The highest BCUT2D eigenvalue weighted by atomic mass is 32.2. The highest BCUT2D eigenvalue weighted by molar-refractivity contribution is 7.87. The Labute approximate surface area is 102 Å². The molecule has 1 heterocycles. The Morgan fingerprint density at radius 3 is 2.50 bits per heavy atom. The molecule has 0 bridgehead atoms. The summed E-state index contributed by atoms with van der Waals surface area (Å²) in [5.41, 5.74) is 0. The monoisotopic (exact) mass is 290 g/mol. The summed E-state index contributed by atoms with van der Waals surface area (Å²) in [5, 5.41) is 8.89. The number of halogens is 3. The van der Waals surface area contributed by atoms with Crippen molar-refractivity contribution in [1.29, 1.82) is 0 Å². The predicted octanol–water partition coefficient (Wildman–Crippen LogP) is 0.178. The second-order valence-corrected chi connectivity index (χ2v) is 5.81. The van der Waals surface area contributed by atoms with Crippen molar-refractivity contribution in [2.75, 3.05) is 13.1 Å². The molecular weight excluding hydrogens is 277 g/mol. The fourth-order valence-corrected chi connectivity index (χ4v) is 3.26. The number of rotatable bonds is 4. The molecule has 1 aliphatic heterocycles. The van der Waals surface area contributed by atoms with Crippen LogP contribution in [-0.2, 0) is 15.0 Å². The Kier molecular flexibility index (Phi) is 4.23. The summed E-state index contributed by atoms with van der Waals surface area (Å²) < 4.78 is 60.9. The molecule has 1 aliphatic rings. The molecule has 2 unspecified atom stereocenters. The third-order valence-electron chi connectivity index (χ3n) is 2.67. The molecule has 106 valence electrons. The summed E-state index contributed by atoms with van der Waals surface area (Å²) in [5.74, 6) is -1.80. The molecule has 0 aliphatic carbocycles. The minimum absolute atomic E-state index is 0.106. The number of nitrogens with one attached hydrogen (secondary N) is 1. The first-order valence-corrected chi connectivity index (χ1v) is 6.54. The van der Waals surface area contributed by atoms with E-state index in [0.717, 1.165) is 0 Å². The lowest BCUT2D eigenvalue weighted by atomic mass is 10.0. The topological polar surface area (TPSA) is 86.7 Å². The molecular formula is C8H13F3N2O4S. The molecule has 1 fully saturated rings. The molecule has 18 heavy (non-hydrogen) atoms. The standard InChI is InChI=1S/C8H13F3N2O4S/c1-5-2-3-13(6(5)7(14)15)18(16,17)12-4-8(9,10)11/h5-6,12H,2-4H2,1H3,(H,14,15). The summed E-state index contributed by atoms with van der Waals surface area (Å²) in [6.07, 6.45) is -4.39. The van der Waals surface area contributed by atoms with Crippen molar-refractivity contribution in [3.63, 3.8) is 0 Å². The number of carboxylic acid groups (broad SMARTS) is 1. The van der Waals surface area contributed by atoms with Gasteiger partial charge in [0.15, 0.2) is 0 Å². The van der Waals surface area contributed by atoms with Crippen LogP contribution in [0.2, 0.25) is 0 Å². The predicted molar refractivity (Wildman–Crippen MR) is 54.9 cm³/mol. The maximum absolute atomic E-state index is 11.9. The molecule has 1 saturated heterocycles. The van der Waals surface area contributed by atoms with Crippen LogP contribution in [0.5, 0.6) is 0 Å². The molecule has 6 nitrogen and oxygen atoms in total. The van der Waals surface area contributed by atoms with Crippen LogP contribution >= 0.6 is 0 Å². The van der Waals surface area contributed by atoms with Gasteiger partial charge in [0.05, 0.1) is 0 Å². The number of aliphatic carboxylic acids is 1. The van der Waals surface area contributed by atoms with Crippen molar-refractivity contribution >= 4 is 16.2 Å². The number of hydrogen-bond donors (Lipinski definition) is 2. The van der Waals surface area contributed by atoms with E-state index in [4.69, 9.17) is 5.11 Å². The van der Waals surface area contributed by atoms with Gasteiger partial charge >= 0.3 is 12.1 Å². The Morgan fingerprint density at radius 2 is 2.06 bits per heavy atom. The molecule has 0 amide bonds. The third-order valence-corrected chi connectivity index (χ3v) is 4.21. The van der Waals surface area contributed by atoms with Gasteiger partial charge in [-0.05, 0) is 12.3 Å². The molecule has 0 saturated carbocycles. The first kappa shape index (κ1) is 15.2. The highest BCUT2D eigenvalue weighted by Gasteiger charge is 2.44. The zero-order valence-electron chi connectivity index (χ0n) is 9.44. The van der Waals surface area contributed by atoms with Crippen LogP contribution in [0.15, 0.2) is 0 Å². The second kappa shape index (κ2) is 5.02. The highest BCUT2D eigenvalue weighted by Crippen LogP contribution is 2.26. The lowest BCUT2D eigenvalue weighted by Crippen LogP contribution is -2.49. The summed E-state index contributed by atoms with van der Waals surface area (Å²) in [7, 11) is -4.44. The first-order chi connectivity index (χ1) is 8.04. The van der Waals surface area contributed by atoms with Gasteiger partial charge in [-0.2, -0.15) is 30.6 Å². The molecule has 0 radical (unpaired) electrons. The van der Waals surface area contributed by atoms with Gasteiger partial charge in [0, 0.05) is 6.54 Å². The van der Waals surface area contributed by atoms with Gasteiger partial charge in [0.1, 0.15) is 12.6 Å². The SMILES string of the molecule is CC1CCN(S(=O)(=O)NCC(F)(F)F)C1C(=O)O. The lowest BCUT2D eigenvalue weighted by molar-refractivity contribution is -0.141. The van der Waals surface area contributed by atoms with E-state index in [9.17, 15) is 26.4 Å². The van der Waals surface area contributed by atoms with Crippen molar-refractivity contribution in [2.45, 2.75) is 25.6 Å². The van der Waals surface area contributed by atoms with E-state index in [0.29, 0.717) is 10.7 Å². The van der Waals surface area contributed by atoms with Gasteiger partial charge in [-0.15, -0.1) is 0 Å². The first-order valence-electron chi connectivity index (χ1n) is 5.10. The molecule has 0 aromatic carbocycles. The Hall–Kier alpha value is -0.870. The van der Waals surface area contributed by atoms with Gasteiger partial charge in [0.2, 0.25) is 0 Å². The van der Waals surface area contributed by atoms with Crippen molar-refractivity contribution in [3.05, 3.63) is 0 Å². The van der Waals surface area contributed by atoms with E-state index >= 15 is 0 Å². The van der Waals surface area contributed by atoms with Gasteiger partial charge in [-0.1, -0.05) is 6.92 Å². The molecule has 0 aromatic rings. The lowest BCUT2D eigenvalue weighted by Gasteiger charge is -2.23. The van der Waals surface area contributed by atoms with Gasteiger partial charge in [0.25, 0.3) is 10.2 Å². The van der Waals surface area contributed by atoms with Crippen LogP contribution in [0.3, 0.4) is 0 Å². The van der Waals surface area contributed by atoms with Crippen LogP contribution < -0.4 is 4.72 Å². The van der Waals surface area contributed by atoms with Gasteiger partial charge < -0.3 is 5.11 Å². The second-order valence-electron chi connectivity index (χ2n) is 4.10. The summed E-state index contributed by atoms with van der Waals surface area (Å²) in [6, 6.07) is -1.32. The van der Waals surface area contributed by atoms with E-state index < -0.39 is 40.9 Å². The molecule has 2 N–H and O–H groups in total. The molecule has 0 aromatic heterocycles. The zero-order valence-corrected chi connectivity index (χ0v) is 10.3. The van der Waals surface area contributed by atoms with Crippen LogP contribution in [0.4, 0.5) is 13.2 Å². The van der Waals surface area contributed by atoms with Gasteiger partial charge in [-0.25, -0.2) is 0 Å². The Morgan fingerprint density at radius 1 is 1.50 bits per heavy atom. The molecule has 2 atom stereocenters. The quantitative estimate of drug-likeness (QED) is 0.773. The van der Waals surface area contributed by atoms with Crippen LogP contribution in [-0.4, -0.2) is 49.1 Å². The number of carbonyl (C=O) groups is 1. The number of carboxylic acids is 1. The fraction of sp³-hybridized carbons (Fsp3) is 0.875. The normalized spacial score (nSPS) is 26.4. The number of nitrogens with zero attached hydrogens (tertiary/aromatic N) is 1. The van der Waals surface area contributed by atoms with E-state index in [1.54, 1.807) is 0 Å². The summed E-state index contributed by atoms with van der Waals surface area (Å²) in [4.78, 5) is 10.9.